The van der Waals surface area contributed by atoms with Gasteiger partial charge in [-0.1, -0.05) is 61.4 Å². The molecule has 0 saturated carbocycles. The Bertz CT molecular complexity index is 750. The van der Waals surface area contributed by atoms with Gasteiger partial charge in [-0.05, 0) is 31.2 Å². The van der Waals surface area contributed by atoms with Crippen molar-refractivity contribution in [3.05, 3.63) is 58.0 Å². The highest BCUT2D eigenvalue weighted by Crippen LogP contribution is 2.16. The fourth-order valence-corrected chi connectivity index (χ4v) is 3.64. The van der Waals surface area contributed by atoms with Gasteiger partial charge in [-0.25, -0.2) is 10.5 Å². The minimum Gasteiger partial charge on any atom is -0.301 e. The number of nitrogens with zero attached hydrogens (tertiary/aromatic N) is 1. The van der Waals surface area contributed by atoms with E-state index >= 15 is 0 Å². The Labute approximate surface area is 163 Å². The molecule has 0 fully saturated rings. The Morgan fingerprint density at radius 1 is 1.07 bits per heavy atom. The Balaban J connectivity index is 1.66. The van der Waals surface area contributed by atoms with E-state index in [1.807, 2.05) is 18.2 Å². The number of H-pyrrole nitrogens is 1. The summed E-state index contributed by atoms with van der Waals surface area (Å²) in [4.78, 5) is 30.1. The molecular formula is C20H27N3O3S. The number of nitrogens with one attached hydrogen (secondary N) is 2. The summed E-state index contributed by atoms with van der Waals surface area (Å²) >= 11 is 1.58. The fourth-order valence-electron chi connectivity index (χ4n) is 2.74. The van der Waals surface area contributed by atoms with Gasteiger partial charge in [0.25, 0.3) is 5.56 Å². The molecule has 1 heterocycles. The lowest BCUT2D eigenvalue weighted by molar-refractivity contribution is -0.129. The van der Waals surface area contributed by atoms with E-state index in [0.29, 0.717) is 11.6 Å². The smallest absolute Gasteiger partial charge is 0.251 e. The first-order chi connectivity index (χ1) is 13.2. The molecule has 1 aromatic heterocycles. The van der Waals surface area contributed by atoms with Crippen molar-refractivity contribution >= 4 is 17.7 Å². The largest absolute Gasteiger partial charge is 0.301 e. The molecule has 7 heteroatoms. The quantitative estimate of drug-likeness (QED) is 0.170. The third-order valence-corrected chi connectivity index (χ3v) is 5.16. The maximum atomic E-state index is 11.9. The van der Waals surface area contributed by atoms with Gasteiger partial charge in [-0.2, -0.15) is 0 Å². The van der Waals surface area contributed by atoms with E-state index in [1.54, 1.807) is 23.3 Å². The van der Waals surface area contributed by atoms with Crippen LogP contribution in [0.3, 0.4) is 0 Å². The van der Waals surface area contributed by atoms with Gasteiger partial charge < -0.3 is 4.98 Å². The number of aromatic nitrogens is 2. The van der Waals surface area contributed by atoms with Gasteiger partial charge in [0.15, 0.2) is 5.16 Å². The van der Waals surface area contributed by atoms with Crippen LogP contribution < -0.4 is 11.0 Å². The number of hydrogen-bond donors (Lipinski definition) is 3. The zero-order valence-electron chi connectivity index (χ0n) is 15.4. The first-order valence-corrected chi connectivity index (χ1v) is 10.4. The monoisotopic (exact) mass is 389 g/mol. The molecule has 6 nitrogen and oxygen atoms in total. The molecule has 2 rings (SSSR count). The molecular weight excluding hydrogens is 362 g/mol. The molecule has 27 heavy (non-hydrogen) atoms. The number of aromatic amines is 1. The van der Waals surface area contributed by atoms with Crippen molar-refractivity contribution in [3.8, 4) is 0 Å². The second-order valence-electron chi connectivity index (χ2n) is 6.43. The van der Waals surface area contributed by atoms with Crippen molar-refractivity contribution in [2.24, 2.45) is 0 Å². The molecule has 0 aliphatic carbocycles. The summed E-state index contributed by atoms with van der Waals surface area (Å²) in [6.45, 7) is 0. The molecule has 2 aromatic rings. The highest BCUT2D eigenvalue weighted by atomic mass is 32.2. The minimum absolute atomic E-state index is 0.0993. The van der Waals surface area contributed by atoms with Crippen LogP contribution >= 0.6 is 11.8 Å². The van der Waals surface area contributed by atoms with Gasteiger partial charge in [0.2, 0.25) is 5.91 Å². The SMILES string of the molecule is O=C(CCCCCCCSc1nc(CCc2ccccc2)cc(=O)[nH]1)NO. The van der Waals surface area contributed by atoms with Crippen LogP contribution in [0.1, 0.15) is 49.8 Å². The van der Waals surface area contributed by atoms with Gasteiger partial charge in [0.1, 0.15) is 0 Å². The first kappa shape index (κ1) is 21.2. The summed E-state index contributed by atoms with van der Waals surface area (Å²) in [5.74, 6) is 0.579. The van der Waals surface area contributed by atoms with Crippen LogP contribution in [-0.2, 0) is 17.6 Å². The van der Waals surface area contributed by atoms with E-state index < -0.39 is 0 Å². The molecule has 0 bridgehead atoms. The second kappa shape index (κ2) is 12.3. The topological polar surface area (TPSA) is 95.1 Å². The number of benzene rings is 1. The Morgan fingerprint density at radius 3 is 2.59 bits per heavy atom. The standard InChI is InChI=1S/C20H27N3O3S/c24-18(23-26)11-7-2-1-3-8-14-27-20-21-17(15-19(25)22-20)13-12-16-9-5-4-6-10-16/h4-6,9-10,15,26H,1-3,7-8,11-14H2,(H,23,24)(H,21,22,25). The third kappa shape index (κ3) is 8.88. The Kier molecular flexibility index (Phi) is 9.65. The number of unbranched alkanes of at least 4 members (excludes halogenated alkanes) is 4. The van der Waals surface area contributed by atoms with Gasteiger partial charge >= 0.3 is 0 Å². The summed E-state index contributed by atoms with van der Waals surface area (Å²) in [5.41, 5.74) is 3.61. The maximum Gasteiger partial charge on any atom is 0.251 e. The van der Waals surface area contributed by atoms with Crippen LogP contribution in [0.25, 0.3) is 0 Å². The van der Waals surface area contributed by atoms with E-state index in [0.717, 1.165) is 56.4 Å². The summed E-state index contributed by atoms with van der Waals surface area (Å²) in [7, 11) is 0. The number of carbonyl (C=O) groups is 1. The predicted molar refractivity (Wildman–Crippen MR) is 107 cm³/mol. The van der Waals surface area contributed by atoms with Crippen molar-refractivity contribution in [1.82, 2.24) is 15.4 Å². The molecule has 0 spiro atoms. The lowest BCUT2D eigenvalue weighted by Crippen LogP contribution is -2.17. The lowest BCUT2D eigenvalue weighted by Gasteiger charge is -2.05. The van der Waals surface area contributed by atoms with Crippen molar-refractivity contribution in [1.29, 1.82) is 0 Å². The average Bonchev–Trinajstić information content (AvgIpc) is 2.68. The van der Waals surface area contributed by atoms with Crippen molar-refractivity contribution in [2.75, 3.05) is 5.75 Å². The first-order valence-electron chi connectivity index (χ1n) is 9.37. The summed E-state index contributed by atoms with van der Waals surface area (Å²) < 4.78 is 0. The van der Waals surface area contributed by atoms with E-state index in [-0.39, 0.29) is 11.5 Å². The highest BCUT2D eigenvalue weighted by molar-refractivity contribution is 7.99. The van der Waals surface area contributed by atoms with Crippen LogP contribution in [-0.4, -0.2) is 26.8 Å². The van der Waals surface area contributed by atoms with E-state index in [4.69, 9.17) is 5.21 Å². The normalized spacial score (nSPS) is 10.7. The summed E-state index contributed by atoms with van der Waals surface area (Å²) in [6, 6.07) is 11.8. The molecule has 1 amide bonds. The van der Waals surface area contributed by atoms with Gasteiger partial charge in [0.05, 0.1) is 0 Å². The van der Waals surface area contributed by atoms with Crippen molar-refractivity contribution < 1.29 is 10.0 Å². The number of carbonyl (C=O) groups excluding carboxylic acids is 1. The molecule has 0 saturated heterocycles. The zero-order valence-corrected chi connectivity index (χ0v) is 16.3. The molecule has 146 valence electrons. The minimum atomic E-state index is -0.326. The molecule has 0 unspecified atom stereocenters. The van der Waals surface area contributed by atoms with Gasteiger partial charge in [-0.15, -0.1) is 0 Å². The zero-order chi connectivity index (χ0) is 19.3. The molecule has 3 N–H and O–H groups in total. The molecule has 1 aromatic carbocycles. The fraction of sp³-hybridized carbons (Fsp3) is 0.450. The van der Waals surface area contributed by atoms with E-state index in [1.165, 1.54) is 5.56 Å². The Morgan fingerprint density at radius 2 is 1.81 bits per heavy atom. The van der Waals surface area contributed by atoms with Gasteiger partial charge in [0, 0.05) is 23.9 Å². The van der Waals surface area contributed by atoms with E-state index in [9.17, 15) is 9.59 Å². The van der Waals surface area contributed by atoms with Crippen molar-refractivity contribution in [3.63, 3.8) is 0 Å². The molecule has 0 radical (unpaired) electrons. The molecule has 0 aliphatic heterocycles. The number of hydrogen-bond acceptors (Lipinski definition) is 5. The second-order valence-corrected chi connectivity index (χ2v) is 7.51. The number of amides is 1. The van der Waals surface area contributed by atoms with Crippen LogP contribution in [0.2, 0.25) is 0 Å². The number of hydroxylamine groups is 1. The predicted octanol–water partition coefficient (Wildman–Crippen LogP) is 3.49. The summed E-state index contributed by atoms with van der Waals surface area (Å²) in [5, 5.41) is 9.10. The lowest BCUT2D eigenvalue weighted by atomic mass is 10.1. The maximum absolute atomic E-state index is 11.9. The number of rotatable bonds is 12. The summed E-state index contributed by atoms with van der Waals surface area (Å²) in [6.07, 6.45) is 6.92. The van der Waals surface area contributed by atoms with Crippen LogP contribution in [0.15, 0.2) is 46.3 Å². The van der Waals surface area contributed by atoms with Crippen LogP contribution in [0, 0.1) is 0 Å². The highest BCUT2D eigenvalue weighted by Gasteiger charge is 2.04. The number of aryl methyl sites for hydroxylation is 2. The van der Waals surface area contributed by atoms with Gasteiger partial charge in [-0.3, -0.25) is 14.8 Å². The van der Waals surface area contributed by atoms with E-state index in [2.05, 4.69) is 22.1 Å². The molecule has 0 aliphatic rings. The average molecular weight is 390 g/mol. The molecule has 0 atom stereocenters. The third-order valence-electron chi connectivity index (χ3n) is 4.20. The Hall–Kier alpha value is -2.12. The van der Waals surface area contributed by atoms with Crippen molar-refractivity contribution in [2.45, 2.75) is 56.5 Å². The van der Waals surface area contributed by atoms with Crippen LogP contribution in [0.4, 0.5) is 0 Å². The van der Waals surface area contributed by atoms with Crippen LogP contribution in [0.5, 0.6) is 0 Å². The number of thioether (sulfide) groups is 1.